The van der Waals surface area contributed by atoms with Crippen LogP contribution in [0.1, 0.15) is 30.9 Å². The van der Waals surface area contributed by atoms with Gasteiger partial charge in [-0.05, 0) is 37.4 Å². The van der Waals surface area contributed by atoms with E-state index in [1.54, 1.807) is 0 Å². The van der Waals surface area contributed by atoms with Gasteiger partial charge in [-0.25, -0.2) is 0 Å². The molecular formula is C14H21N3O. The fraction of sp³-hybridized carbons (Fsp3) is 0.500. The van der Waals surface area contributed by atoms with Gasteiger partial charge >= 0.3 is 0 Å². The third-order valence-electron chi connectivity index (χ3n) is 3.67. The van der Waals surface area contributed by atoms with Gasteiger partial charge in [-0.3, -0.25) is 4.90 Å². The molecule has 1 aliphatic heterocycles. The van der Waals surface area contributed by atoms with Gasteiger partial charge in [-0.15, -0.1) is 0 Å². The molecule has 0 saturated carbocycles. The molecule has 0 radical (unpaired) electrons. The van der Waals surface area contributed by atoms with E-state index in [0.717, 1.165) is 36.7 Å². The Balaban J connectivity index is 2.09. The van der Waals surface area contributed by atoms with E-state index in [4.69, 9.17) is 10.9 Å². The molecule has 1 fully saturated rings. The first-order valence-electron chi connectivity index (χ1n) is 6.49. The van der Waals surface area contributed by atoms with E-state index in [0.29, 0.717) is 0 Å². The van der Waals surface area contributed by atoms with E-state index in [9.17, 15) is 0 Å². The second-order valence-electron chi connectivity index (χ2n) is 5.10. The highest BCUT2D eigenvalue weighted by Crippen LogP contribution is 2.19. The Bertz CT molecular complexity index is 423. The second-order valence-corrected chi connectivity index (χ2v) is 5.10. The first kappa shape index (κ1) is 12.9. The molecule has 1 aromatic carbocycles. The van der Waals surface area contributed by atoms with Crippen LogP contribution in [0.3, 0.4) is 0 Å². The molecule has 0 amide bonds. The van der Waals surface area contributed by atoms with Gasteiger partial charge < -0.3 is 10.9 Å². The van der Waals surface area contributed by atoms with Gasteiger partial charge in [0.1, 0.15) is 0 Å². The van der Waals surface area contributed by atoms with Crippen molar-refractivity contribution in [2.24, 2.45) is 16.8 Å². The van der Waals surface area contributed by atoms with Crippen LogP contribution in [0.25, 0.3) is 0 Å². The quantitative estimate of drug-likeness (QED) is 0.372. The lowest BCUT2D eigenvalue weighted by Gasteiger charge is -2.30. The van der Waals surface area contributed by atoms with E-state index in [-0.39, 0.29) is 5.84 Å². The van der Waals surface area contributed by atoms with E-state index in [1.165, 1.54) is 12.8 Å². The standard InChI is InChI=1S/C14H21N3O/c1-11-6-8-17(9-7-11)10-12-4-2-3-5-13(12)14(15)16-18/h2-5,11,18H,6-10H2,1H3,(H2,15,16). The van der Waals surface area contributed by atoms with E-state index in [1.807, 2.05) is 24.3 Å². The highest BCUT2D eigenvalue weighted by molar-refractivity contribution is 5.98. The van der Waals surface area contributed by atoms with E-state index >= 15 is 0 Å². The molecule has 4 heteroatoms. The maximum atomic E-state index is 8.80. The number of amidine groups is 1. The summed E-state index contributed by atoms with van der Waals surface area (Å²) in [4.78, 5) is 2.43. The Labute approximate surface area is 108 Å². The number of nitrogens with two attached hydrogens (primary N) is 1. The van der Waals surface area contributed by atoms with Gasteiger partial charge in [-0.2, -0.15) is 0 Å². The highest BCUT2D eigenvalue weighted by Gasteiger charge is 2.17. The van der Waals surface area contributed by atoms with Gasteiger partial charge in [0, 0.05) is 12.1 Å². The smallest absolute Gasteiger partial charge is 0.170 e. The summed E-state index contributed by atoms with van der Waals surface area (Å²) in [6.45, 7) is 5.44. The number of hydrogen-bond donors (Lipinski definition) is 2. The van der Waals surface area contributed by atoms with Gasteiger partial charge in [-0.1, -0.05) is 36.3 Å². The first-order chi connectivity index (χ1) is 8.70. The van der Waals surface area contributed by atoms with Crippen molar-refractivity contribution in [2.45, 2.75) is 26.3 Å². The second kappa shape index (κ2) is 5.87. The predicted molar refractivity (Wildman–Crippen MR) is 72.6 cm³/mol. The largest absolute Gasteiger partial charge is 0.409 e. The lowest BCUT2D eigenvalue weighted by Crippen LogP contribution is -2.33. The summed E-state index contributed by atoms with van der Waals surface area (Å²) >= 11 is 0. The molecule has 4 nitrogen and oxygen atoms in total. The Morgan fingerprint density at radius 1 is 1.39 bits per heavy atom. The average Bonchev–Trinajstić information content (AvgIpc) is 2.41. The minimum absolute atomic E-state index is 0.191. The molecule has 1 aliphatic rings. The third-order valence-corrected chi connectivity index (χ3v) is 3.67. The maximum absolute atomic E-state index is 8.80. The molecule has 1 heterocycles. The molecule has 0 unspecified atom stereocenters. The van der Waals surface area contributed by atoms with Gasteiger partial charge in [0.25, 0.3) is 0 Å². The van der Waals surface area contributed by atoms with Crippen LogP contribution >= 0.6 is 0 Å². The van der Waals surface area contributed by atoms with Crippen molar-refractivity contribution in [1.82, 2.24) is 4.90 Å². The molecule has 3 N–H and O–H groups in total. The average molecular weight is 247 g/mol. The van der Waals surface area contributed by atoms with Crippen molar-refractivity contribution in [3.63, 3.8) is 0 Å². The highest BCUT2D eigenvalue weighted by atomic mass is 16.4. The molecule has 0 atom stereocenters. The van der Waals surface area contributed by atoms with Gasteiger partial charge in [0.2, 0.25) is 0 Å². The molecule has 0 aliphatic carbocycles. The van der Waals surface area contributed by atoms with E-state index in [2.05, 4.69) is 17.0 Å². The maximum Gasteiger partial charge on any atom is 0.170 e. The van der Waals surface area contributed by atoms with Crippen LogP contribution in [0.2, 0.25) is 0 Å². The van der Waals surface area contributed by atoms with Crippen molar-refractivity contribution in [3.8, 4) is 0 Å². The Morgan fingerprint density at radius 2 is 2.06 bits per heavy atom. The topological polar surface area (TPSA) is 61.8 Å². The molecule has 2 rings (SSSR count). The molecule has 0 aromatic heterocycles. The van der Waals surface area contributed by atoms with Crippen LogP contribution in [0.4, 0.5) is 0 Å². The molecule has 1 aromatic rings. The van der Waals surface area contributed by atoms with E-state index < -0.39 is 0 Å². The summed E-state index contributed by atoms with van der Waals surface area (Å²) in [6, 6.07) is 7.85. The molecule has 0 spiro atoms. The van der Waals surface area contributed by atoms with Crippen LogP contribution in [0.15, 0.2) is 29.4 Å². The summed E-state index contributed by atoms with van der Waals surface area (Å²) in [5.41, 5.74) is 7.66. The fourth-order valence-corrected chi connectivity index (χ4v) is 2.42. The Hall–Kier alpha value is -1.55. The van der Waals surface area contributed by atoms with Crippen molar-refractivity contribution in [3.05, 3.63) is 35.4 Å². The Morgan fingerprint density at radius 3 is 2.72 bits per heavy atom. The fourth-order valence-electron chi connectivity index (χ4n) is 2.42. The van der Waals surface area contributed by atoms with Crippen LogP contribution in [0, 0.1) is 5.92 Å². The van der Waals surface area contributed by atoms with Crippen LogP contribution in [0.5, 0.6) is 0 Å². The number of benzene rings is 1. The monoisotopic (exact) mass is 247 g/mol. The Kier molecular flexibility index (Phi) is 4.20. The number of oxime groups is 1. The number of hydrogen-bond acceptors (Lipinski definition) is 3. The van der Waals surface area contributed by atoms with Crippen molar-refractivity contribution in [1.29, 1.82) is 0 Å². The van der Waals surface area contributed by atoms with Gasteiger partial charge in [0.05, 0.1) is 0 Å². The molecule has 18 heavy (non-hydrogen) atoms. The lowest BCUT2D eigenvalue weighted by atomic mass is 9.98. The summed E-state index contributed by atoms with van der Waals surface area (Å²) in [7, 11) is 0. The summed E-state index contributed by atoms with van der Waals surface area (Å²) in [6.07, 6.45) is 2.51. The summed E-state index contributed by atoms with van der Waals surface area (Å²) in [5, 5.41) is 11.9. The van der Waals surface area contributed by atoms with Crippen molar-refractivity contribution in [2.75, 3.05) is 13.1 Å². The zero-order valence-electron chi connectivity index (χ0n) is 10.8. The van der Waals surface area contributed by atoms with Gasteiger partial charge in [0.15, 0.2) is 5.84 Å². The number of rotatable bonds is 3. The number of likely N-dealkylation sites (tertiary alicyclic amines) is 1. The third kappa shape index (κ3) is 3.01. The van der Waals surface area contributed by atoms with Crippen LogP contribution in [-0.2, 0) is 6.54 Å². The lowest BCUT2D eigenvalue weighted by molar-refractivity contribution is 0.185. The number of piperidine rings is 1. The zero-order chi connectivity index (χ0) is 13.0. The van der Waals surface area contributed by atoms with Crippen molar-refractivity contribution < 1.29 is 5.21 Å². The minimum atomic E-state index is 0.191. The molecule has 0 bridgehead atoms. The summed E-state index contributed by atoms with van der Waals surface area (Å²) in [5.74, 6) is 1.02. The molecular weight excluding hydrogens is 226 g/mol. The minimum Gasteiger partial charge on any atom is -0.409 e. The molecule has 1 saturated heterocycles. The van der Waals surface area contributed by atoms with Crippen molar-refractivity contribution >= 4 is 5.84 Å². The van der Waals surface area contributed by atoms with Crippen LogP contribution < -0.4 is 5.73 Å². The van der Waals surface area contributed by atoms with Crippen LogP contribution in [-0.4, -0.2) is 29.0 Å². The summed E-state index contributed by atoms with van der Waals surface area (Å²) < 4.78 is 0. The predicted octanol–water partition coefficient (Wildman–Crippen LogP) is 2.01. The molecule has 98 valence electrons. The number of nitrogens with zero attached hydrogens (tertiary/aromatic N) is 2. The zero-order valence-corrected chi connectivity index (χ0v) is 10.8. The normalized spacial score (nSPS) is 19.1. The SMILES string of the molecule is CC1CCN(Cc2ccccc2/C(N)=N/O)CC1. The first-order valence-corrected chi connectivity index (χ1v) is 6.49.